The second-order valence-corrected chi connectivity index (χ2v) is 5.93. The van der Waals surface area contributed by atoms with Crippen LogP contribution in [0.1, 0.15) is 28.8 Å². The summed E-state index contributed by atoms with van der Waals surface area (Å²) >= 11 is 0. The van der Waals surface area contributed by atoms with Crippen LogP contribution in [0, 0.1) is 17.0 Å². The number of benzene rings is 2. The molecule has 1 amide bonds. The van der Waals surface area contributed by atoms with Gasteiger partial charge in [-0.05, 0) is 38.0 Å². The SMILES string of the molecule is Cc1c(C(=O)NCCCCN(C)c2ccccc2)cccc1[N+](=O)[O-]. The largest absolute Gasteiger partial charge is 0.375 e. The summed E-state index contributed by atoms with van der Waals surface area (Å²) in [6.45, 7) is 3.04. The van der Waals surface area contributed by atoms with Crippen LogP contribution in [-0.2, 0) is 0 Å². The Labute approximate surface area is 147 Å². The van der Waals surface area contributed by atoms with Gasteiger partial charge in [-0.1, -0.05) is 24.3 Å². The first-order valence-electron chi connectivity index (χ1n) is 8.29. The van der Waals surface area contributed by atoms with Gasteiger partial charge in [0.1, 0.15) is 0 Å². The number of carbonyl (C=O) groups is 1. The number of hydrogen-bond donors (Lipinski definition) is 1. The van der Waals surface area contributed by atoms with Crippen molar-refractivity contribution in [2.75, 3.05) is 25.0 Å². The Morgan fingerprint density at radius 2 is 1.84 bits per heavy atom. The molecule has 2 aromatic rings. The van der Waals surface area contributed by atoms with Gasteiger partial charge in [0.25, 0.3) is 11.6 Å². The van der Waals surface area contributed by atoms with Crippen molar-refractivity contribution < 1.29 is 9.72 Å². The first kappa shape index (κ1) is 18.4. The summed E-state index contributed by atoms with van der Waals surface area (Å²) < 4.78 is 0. The number of para-hydroxylation sites is 1. The monoisotopic (exact) mass is 341 g/mol. The molecule has 0 fully saturated rings. The fourth-order valence-electron chi connectivity index (χ4n) is 2.65. The van der Waals surface area contributed by atoms with Gasteiger partial charge < -0.3 is 10.2 Å². The Morgan fingerprint density at radius 3 is 2.52 bits per heavy atom. The Kier molecular flexibility index (Phi) is 6.51. The molecule has 2 aromatic carbocycles. The van der Waals surface area contributed by atoms with E-state index in [9.17, 15) is 14.9 Å². The number of nitro benzene ring substituents is 1. The second kappa shape index (κ2) is 8.82. The molecule has 0 heterocycles. The van der Waals surface area contributed by atoms with Crippen molar-refractivity contribution in [3.63, 3.8) is 0 Å². The van der Waals surface area contributed by atoms with Gasteiger partial charge >= 0.3 is 0 Å². The zero-order valence-corrected chi connectivity index (χ0v) is 14.6. The van der Waals surface area contributed by atoms with E-state index in [1.807, 2.05) is 25.2 Å². The summed E-state index contributed by atoms with van der Waals surface area (Å²) in [4.78, 5) is 24.9. The second-order valence-electron chi connectivity index (χ2n) is 5.93. The molecule has 0 radical (unpaired) electrons. The molecular formula is C19H23N3O3. The summed E-state index contributed by atoms with van der Waals surface area (Å²) in [6.07, 6.45) is 1.79. The molecule has 132 valence electrons. The van der Waals surface area contributed by atoms with Gasteiger partial charge in [0.15, 0.2) is 0 Å². The van der Waals surface area contributed by atoms with E-state index >= 15 is 0 Å². The van der Waals surface area contributed by atoms with Gasteiger partial charge in [0.2, 0.25) is 0 Å². The predicted molar refractivity (Wildman–Crippen MR) is 99.1 cm³/mol. The van der Waals surface area contributed by atoms with Crippen LogP contribution in [0.5, 0.6) is 0 Å². The zero-order valence-electron chi connectivity index (χ0n) is 14.6. The summed E-state index contributed by atoms with van der Waals surface area (Å²) in [5.74, 6) is -0.266. The van der Waals surface area contributed by atoms with Crippen LogP contribution in [0.25, 0.3) is 0 Å². The molecule has 0 aromatic heterocycles. The Balaban J connectivity index is 1.78. The summed E-state index contributed by atoms with van der Waals surface area (Å²) in [5.41, 5.74) is 1.89. The maximum absolute atomic E-state index is 12.2. The van der Waals surface area contributed by atoms with E-state index in [-0.39, 0.29) is 11.6 Å². The van der Waals surface area contributed by atoms with Gasteiger partial charge in [0.05, 0.1) is 4.92 Å². The van der Waals surface area contributed by atoms with Crippen molar-refractivity contribution in [1.29, 1.82) is 0 Å². The predicted octanol–water partition coefficient (Wildman–Crippen LogP) is 3.55. The Bertz CT molecular complexity index is 732. The molecule has 0 saturated carbocycles. The van der Waals surface area contributed by atoms with E-state index in [4.69, 9.17) is 0 Å². The number of anilines is 1. The lowest BCUT2D eigenvalue weighted by Crippen LogP contribution is -2.26. The number of carbonyl (C=O) groups excluding carboxylic acids is 1. The minimum atomic E-state index is -0.467. The summed E-state index contributed by atoms with van der Waals surface area (Å²) in [7, 11) is 2.04. The molecule has 2 rings (SSSR count). The molecule has 0 aliphatic rings. The highest BCUT2D eigenvalue weighted by Gasteiger charge is 2.17. The zero-order chi connectivity index (χ0) is 18.2. The van der Waals surface area contributed by atoms with Crippen LogP contribution in [0.4, 0.5) is 11.4 Å². The van der Waals surface area contributed by atoms with Crippen LogP contribution in [-0.4, -0.2) is 31.0 Å². The van der Waals surface area contributed by atoms with Crippen molar-refractivity contribution >= 4 is 17.3 Å². The number of hydrogen-bond acceptors (Lipinski definition) is 4. The van der Waals surface area contributed by atoms with Crippen molar-refractivity contribution in [2.45, 2.75) is 19.8 Å². The minimum absolute atomic E-state index is 0.0304. The van der Waals surface area contributed by atoms with Crippen LogP contribution in [0.3, 0.4) is 0 Å². The quantitative estimate of drug-likeness (QED) is 0.453. The van der Waals surface area contributed by atoms with Crippen molar-refractivity contribution in [2.24, 2.45) is 0 Å². The molecule has 0 unspecified atom stereocenters. The molecule has 0 aliphatic heterocycles. The molecule has 0 bridgehead atoms. The van der Waals surface area contributed by atoms with Crippen LogP contribution in [0.15, 0.2) is 48.5 Å². The van der Waals surface area contributed by atoms with E-state index in [1.165, 1.54) is 17.8 Å². The number of nitrogens with one attached hydrogen (secondary N) is 1. The van der Waals surface area contributed by atoms with Gasteiger partial charge in [-0.15, -0.1) is 0 Å². The Hall–Kier alpha value is -2.89. The van der Waals surface area contributed by atoms with Gasteiger partial charge in [-0.25, -0.2) is 0 Å². The number of rotatable bonds is 8. The maximum atomic E-state index is 12.2. The lowest BCUT2D eigenvalue weighted by Gasteiger charge is -2.19. The number of unbranched alkanes of at least 4 members (excludes halogenated alkanes) is 1. The van der Waals surface area contributed by atoms with Crippen molar-refractivity contribution in [3.8, 4) is 0 Å². The molecule has 1 N–H and O–H groups in total. The minimum Gasteiger partial charge on any atom is -0.375 e. The molecule has 6 nitrogen and oxygen atoms in total. The average molecular weight is 341 g/mol. The first-order valence-corrected chi connectivity index (χ1v) is 8.29. The number of nitro groups is 1. The molecular weight excluding hydrogens is 318 g/mol. The fraction of sp³-hybridized carbons (Fsp3) is 0.316. The molecule has 0 atom stereocenters. The molecule has 0 spiro atoms. The lowest BCUT2D eigenvalue weighted by atomic mass is 10.1. The normalized spacial score (nSPS) is 10.3. The Morgan fingerprint density at radius 1 is 1.12 bits per heavy atom. The molecule has 6 heteroatoms. The maximum Gasteiger partial charge on any atom is 0.273 e. The number of nitrogens with zero attached hydrogens (tertiary/aromatic N) is 2. The van der Waals surface area contributed by atoms with Crippen LogP contribution in [0.2, 0.25) is 0 Å². The highest BCUT2D eigenvalue weighted by atomic mass is 16.6. The van der Waals surface area contributed by atoms with E-state index in [2.05, 4.69) is 22.3 Å². The highest BCUT2D eigenvalue weighted by Crippen LogP contribution is 2.20. The number of amides is 1. The smallest absolute Gasteiger partial charge is 0.273 e. The van der Waals surface area contributed by atoms with Crippen molar-refractivity contribution in [3.05, 3.63) is 69.8 Å². The van der Waals surface area contributed by atoms with Gasteiger partial charge in [-0.3, -0.25) is 14.9 Å². The van der Waals surface area contributed by atoms with Gasteiger partial charge in [0, 0.05) is 43.0 Å². The average Bonchev–Trinajstić information content (AvgIpc) is 2.61. The third-order valence-corrected chi connectivity index (χ3v) is 4.15. The molecule has 0 saturated heterocycles. The van der Waals surface area contributed by atoms with E-state index in [0.717, 1.165) is 19.4 Å². The van der Waals surface area contributed by atoms with E-state index < -0.39 is 4.92 Å². The van der Waals surface area contributed by atoms with E-state index in [1.54, 1.807) is 13.0 Å². The summed E-state index contributed by atoms with van der Waals surface area (Å²) in [6, 6.07) is 14.7. The first-order chi connectivity index (χ1) is 12.0. The third kappa shape index (κ3) is 5.04. The van der Waals surface area contributed by atoms with Crippen LogP contribution < -0.4 is 10.2 Å². The molecule has 0 aliphatic carbocycles. The van der Waals surface area contributed by atoms with Gasteiger partial charge in [-0.2, -0.15) is 0 Å². The van der Waals surface area contributed by atoms with Crippen molar-refractivity contribution in [1.82, 2.24) is 5.32 Å². The standard InChI is InChI=1S/C19H23N3O3/c1-15-17(11-8-12-18(15)22(24)25)19(23)20-13-6-7-14-21(2)16-9-4-3-5-10-16/h3-5,8-12H,6-7,13-14H2,1-2H3,(H,20,23). The van der Waals surface area contributed by atoms with E-state index in [0.29, 0.717) is 17.7 Å². The summed E-state index contributed by atoms with van der Waals surface area (Å²) in [5, 5.41) is 13.8. The molecule has 25 heavy (non-hydrogen) atoms. The third-order valence-electron chi connectivity index (χ3n) is 4.15. The lowest BCUT2D eigenvalue weighted by molar-refractivity contribution is -0.385. The van der Waals surface area contributed by atoms with Crippen LogP contribution >= 0.6 is 0 Å². The fourth-order valence-corrected chi connectivity index (χ4v) is 2.65. The topological polar surface area (TPSA) is 75.5 Å². The highest BCUT2D eigenvalue weighted by molar-refractivity contribution is 5.96.